The van der Waals surface area contributed by atoms with Gasteiger partial charge in [-0.1, -0.05) is 0 Å². The van der Waals surface area contributed by atoms with Crippen LogP contribution in [-0.2, 0) is 4.74 Å². The highest BCUT2D eigenvalue weighted by molar-refractivity contribution is 5.93. The van der Waals surface area contributed by atoms with Gasteiger partial charge in [0, 0.05) is 37.3 Å². The number of nitrogens with zero attached hydrogens (tertiary/aromatic N) is 2. The fourth-order valence-electron chi connectivity index (χ4n) is 5.07. The average molecular weight is 458 g/mol. The maximum Gasteiger partial charge on any atom is 0.407 e. The summed E-state index contributed by atoms with van der Waals surface area (Å²) in [7, 11) is 0. The molecule has 2 saturated carbocycles. The summed E-state index contributed by atoms with van der Waals surface area (Å²) in [5.41, 5.74) is -0.514. The lowest BCUT2D eigenvalue weighted by molar-refractivity contribution is 0.0523. The van der Waals surface area contributed by atoms with E-state index in [4.69, 9.17) is 4.74 Å². The Kier molecular flexibility index (Phi) is 4.91. The van der Waals surface area contributed by atoms with E-state index < -0.39 is 28.9 Å². The van der Waals surface area contributed by atoms with Crippen molar-refractivity contribution in [3.05, 3.63) is 39.9 Å². The van der Waals surface area contributed by atoms with E-state index in [-0.39, 0.29) is 17.0 Å². The number of rotatable bonds is 5. The van der Waals surface area contributed by atoms with Gasteiger partial charge in [0.2, 0.25) is 5.43 Å². The van der Waals surface area contributed by atoms with Crippen molar-refractivity contribution in [1.29, 1.82) is 0 Å². The maximum absolute atomic E-state index is 15.1. The van der Waals surface area contributed by atoms with Crippen molar-refractivity contribution in [2.45, 2.75) is 45.3 Å². The Labute approximate surface area is 190 Å². The number of nitrogens with one attached hydrogen (secondary N) is 1. The Balaban J connectivity index is 1.33. The minimum Gasteiger partial charge on any atom is -0.477 e. The van der Waals surface area contributed by atoms with Crippen LogP contribution in [0.25, 0.3) is 10.9 Å². The molecule has 3 aliphatic rings. The summed E-state index contributed by atoms with van der Waals surface area (Å²) >= 11 is 0. The molecule has 1 aromatic carbocycles. The lowest BCUT2D eigenvalue weighted by Gasteiger charge is -2.24. The Morgan fingerprint density at radius 2 is 1.88 bits per heavy atom. The van der Waals surface area contributed by atoms with Crippen LogP contribution in [-0.4, -0.2) is 47.0 Å². The zero-order valence-corrected chi connectivity index (χ0v) is 18.9. The first-order valence-corrected chi connectivity index (χ1v) is 11.4. The van der Waals surface area contributed by atoms with Gasteiger partial charge in [0.05, 0.1) is 11.2 Å². The van der Waals surface area contributed by atoms with E-state index in [1.54, 1.807) is 6.07 Å². The number of carboxylic acids is 1. The summed E-state index contributed by atoms with van der Waals surface area (Å²) in [6.45, 7) is 7.35. The molecule has 0 spiro atoms. The fourth-order valence-corrected chi connectivity index (χ4v) is 5.07. The smallest absolute Gasteiger partial charge is 0.407 e. The van der Waals surface area contributed by atoms with Crippen molar-refractivity contribution < 1.29 is 23.8 Å². The molecular formula is C24H28FN3O5. The van der Waals surface area contributed by atoms with Crippen LogP contribution in [0.15, 0.2) is 23.1 Å². The molecule has 2 N–H and O–H groups in total. The number of carbonyl (C=O) groups is 2. The second kappa shape index (κ2) is 7.46. The minimum absolute atomic E-state index is 0.104. The molecule has 5 rings (SSSR count). The lowest BCUT2D eigenvalue weighted by atomic mass is 10.1. The quantitative estimate of drug-likeness (QED) is 0.714. The first-order chi connectivity index (χ1) is 15.5. The number of aromatic carboxylic acids is 1. The number of carboxylic acid groups (broad SMARTS) is 1. The summed E-state index contributed by atoms with van der Waals surface area (Å²) in [6, 6.07) is 3.01. The third kappa shape index (κ3) is 4.05. The predicted molar refractivity (Wildman–Crippen MR) is 120 cm³/mol. The van der Waals surface area contributed by atoms with E-state index in [2.05, 4.69) is 5.32 Å². The van der Waals surface area contributed by atoms with Crippen LogP contribution < -0.4 is 15.6 Å². The van der Waals surface area contributed by atoms with Gasteiger partial charge in [-0.2, -0.15) is 0 Å². The van der Waals surface area contributed by atoms with Crippen molar-refractivity contribution >= 4 is 28.7 Å². The van der Waals surface area contributed by atoms with E-state index >= 15 is 4.39 Å². The standard InChI is InChI=1S/C24H28FN3O5/c1-24(2,3)33-23(32)26-8-14-15-9-27(10-16(14)15)20-7-19-13(6-18(20)25)21(29)17(22(30)31)11-28(19)12-4-5-12/h6-7,11-12,14-16H,4-5,8-10H2,1-3H3,(H,26,32)(H,30,31)/t14?,15-,16+. The molecule has 1 amide bonds. The van der Waals surface area contributed by atoms with Crippen molar-refractivity contribution in [3.8, 4) is 0 Å². The van der Waals surface area contributed by atoms with Gasteiger partial charge in [-0.15, -0.1) is 0 Å². The zero-order chi connectivity index (χ0) is 23.7. The monoisotopic (exact) mass is 457 g/mol. The molecule has 1 aromatic heterocycles. The number of anilines is 1. The number of benzene rings is 1. The maximum atomic E-state index is 15.1. The highest BCUT2D eigenvalue weighted by Crippen LogP contribution is 2.52. The second-order valence-corrected chi connectivity index (χ2v) is 10.4. The van der Waals surface area contributed by atoms with Gasteiger partial charge >= 0.3 is 12.1 Å². The SMILES string of the molecule is CC(C)(C)OC(=O)NCC1[C@H]2CN(c3cc4c(cc3F)c(=O)c(C(=O)O)cn4C3CC3)C[C@@H]12. The van der Waals surface area contributed by atoms with Crippen LogP contribution in [0.5, 0.6) is 0 Å². The Morgan fingerprint density at radius 1 is 1.21 bits per heavy atom. The molecule has 2 heterocycles. The third-order valence-corrected chi connectivity index (χ3v) is 6.86. The third-order valence-electron chi connectivity index (χ3n) is 6.86. The van der Waals surface area contributed by atoms with Crippen LogP contribution in [0.3, 0.4) is 0 Å². The molecule has 1 unspecified atom stereocenters. The highest BCUT2D eigenvalue weighted by Gasteiger charge is 2.55. The molecule has 0 radical (unpaired) electrons. The number of fused-ring (bicyclic) bond motifs is 2. The van der Waals surface area contributed by atoms with Gasteiger partial charge in [0.25, 0.3) is 0 Å². The van der Waals surface area contributed by atoms with Crippen LogP contribution in [0, 0.1) is 23.6 Å². The van der Waals surface area contributed by atoms with Gasteiger partial charge in [-0.3, -0.25) is 4.79 Å². The number of amides is 1. The molecule has 2 aromatic rings. The van der Waals surface area contributed by atoms with Crippen LogP contribution in [0.1, 0.15) is 50.0 Å². The number of piperidine rings is 1. The molecule has 8 nitrogen and oxygen atoms in total. The van der Waals surface area contributed by atoms with Gasteiger partial charge in [-0.05, 0) is 63.5 Å². The molecule has 2 aliphatic carbocycles. The number of carbonyl (C=O) groups excluding carboxylic acids is 1. The largest absolute Gasteiger partial charge is 0.477 e. The number of aromatic nitrogens is 1. The van der Waals surface area contributed by atoms with Gasteiger partial charge in [-0.25, -0.2) is 14.0 Å². The predicted octanol–water partition coefficient (Wildman–Crippen LogP) is 3.38. The van der Waals surface area contributed by atoms with Gasteiger partial charge in [0.15, 0.2) is 0 Å². The topological polar surface area (TPSA) is 101 Å². The minimum atomic E-state index is -1.30. The normalized spacial score (nSPS) is 24.0. The van der Waals surface area contributed by atoms with Crippen molar-refractivity contribution in [1.82, 2.24) is 9.88 Å². The molecular weight excluding hydrogens is 429 g/mol. The van der Waals surface area contributed by atoms with Crippen molar-refractivity contribution in [2.24, 2.45) is 17.8 Å². The molecule has 1 aliphatic heterocycles. The molecule has 176 valence electrons. The van der Waals surface area contributed by atoms with Crippen molar-refractivity contribution in [3.63, 3.8) is 0 Å². The Morgan fingerprint density at radius 3 is 2.45 bits per heavy atom. The number of hydrogen-bond acceptors (Lipinski definition) is 5. The number of pyridine rings is 1. The number of halogens is 1. The van der Waals surface area contributed by atoms with E-state index in [1.165, 1.54) is 12.3 Å². The Hall–Kier alpha value is -3.10. The summed E-state index contributed by atoms with van der Waals surface area (Å²) in [5, 5.41) is 12.3. The second-order valence-electron chi connectivity index (χ2n) is 10.4. The van der Waals surface area contributed by atoms with Crippen molar-refractivity contribution in [2.75, 3.05) is 24.5 Å². The zero-order valence-electron chi connectivity index (χ0n) is 18.9. The van der Waals surface area contributed by atoms with Gasteiger partial charge < -0.3 is 24.6 Å². The summed E-state index contributed by atoms with van der Waals surface area (Å²) in [6.07, 6.45) is 2.78. The fraction of sp³-hybridized carbons (Fsp3) is 0.542. The first kappa shape index (κ1) is 21.7. The molecule has 33 heavy (non-hydrogen) atoms. The van der Waals surface area contributed by atoms with E-state index in [9.17, 15) is 19.5 Å². The summed E-state index contributed by atoms with van der Waals surface area (Å²) in [5.74, 6) is -0.731. The van der Waals surface area contributed by atoms with Crippen LogP contribution >= 0.6 is 0 Å². The first-order valence-electron chi connectivity index (χ1n) is 11.4. The van der Waals surface area contributed by atoms with E-state index in [0.717, 1.165) is 12.8 Å². The highest BCUT2D eigenvalue weighted by atomic mass is 19.1. The van der Waals surface area contributed by atoms with E-state index in [0.29, 0.717) is 48.6 Å². The number of alkyl carbamates (subject to hydrolysis) is 1. The molecule has 3 atom stereocenters. The molecule has 9 heteroatoms. The average Bonchev–Trinajstić information content (AvgIpc) is 3.62. The summed E-state index contributed by atoms with van der Waals surface area (Å²) < 4.78 is 22.2. The Bertz CT molecular complexity index is 1200. The molecule has 1 saturated heterocycles. The van der Waals surface area contributed by atoms with E-state index in [1.807, 2.05) is 30.2 Å². The van der Waals surface area contributed by atoms with Gasteiger partial charge in [0.1, 0.15) is 17.0 Å². The van der Waals surface area contributed by atoms with Crippen LogP contribution in [0.2, 0.25) is 0 Å². The number of ether oxygens (including phenoxy) is 1. The van der Waals surface area contributed by atoms with Crippen LogP contribution in [0.4, 0.5) is 14.9 Å². The summed E-state index contributed by atoms with van der Waals surface area (Å²) in [4.78, 5) is 38.0. The molecule has 0 bridgehead atoms. The molecule has 3 fully saturated rings. The lowest BCUT2D eigenvalue weighted by Crippen LogP contribution is -2.35. The number of hydrogen-bond donors (Lipinski definition) is 2.